The van der Waals surface area contributed by atoms with E-state index in [0.29, 0.717) is 5.56 Å². The molecule has 0 atom stereocenters. The summed E-state index contributed by atoms with van der Waals surface area (Å²) in [4.78, 5) is 11.8. The predicted molar refractivity (Wildman–Crippen MR) is 72.6 cm³/mol. The van der Waals surface area contributed by atoms with Gasteiger partial charge in [-0.2, -0.15) is 5.10 Å². The summed E-state index contributed by atoms with van der Waals surface area (Å²) in [6.07, 6.45) is 3.41. The van der Waals surface area contributed by atoms with Gasteiger partial charge in [0.25, 0.3) is 0 Å². The van der Waals surface area contributed by atoms with Gasteiger partial charge in [-0.1, -0.05) is 0 Å². The number of rotatable bonds is 4. The molecule has 2 aromatic rings. The lowest BCUT2D eigenvalue weighted by molar-refractivity contribution is 0.0472. The van der Waals surface area contributed by atoms with Crippen LogP contribution in [0.15, 0.2) is 24.5 Å². The van der Waals surface area contributed by atoms with Crippen LogP contribution in [-0.4, -0.2) is 15.7 Å². The smallest absolute Gasteiger partial charge is 0.338 e. The molecular weight excluding hydrogens is 261 g/mol. The Morgan fingerprint density at radius 1 is 1.50 bits per heavy atom. The average molecular weight is 277 g/mol. The van der Waals surface area contributed by atoms with Crippen LogP contribution in [0, 0.1) is 12.7 Å². The Labute approximate surface area is 116 Å². The second-order valence-electron chi connectivity index (χ2n) is 4.45. The van der Waals surface area contributed by atoms with Crippen molar-refractivity contribution in [1.29, 1.82) is 0 Å². The molecule has 1 aromatic carbocycles. The van der Waals surface area contributed by atoms with Gasteiger partial charge < -0.3 is 10.5 Å². The van der Waals surface area contributed by atoms with Crippen LogP contribution in [0.1, 0.15) is 28.4 Å². The molecule has 0 radical (unpaired) electrons. The summed E-state index contributed by atoms with van der Waals surface area (Å²) in [5.41, 5.74) is 7.07. The van der Waals surface area contributed by atoms with Gasteiger partial charge in [-0.05, 0) is 26.0 Å². The molecule has 2 N–H and O–H groups in total. The van der Waals surface area contributed by atoms with Gasteiger partial charge in [0.2, 0.25) is 0 Å². The Bertz CT molecular complexity index is 614. The highest BCUT2D eigenvalue weighted by Crippen LogP contribution is 2.18. The van der Waals surface area contributed by atoms with Crippen molar-refractivity contribution in [3.63, 3.8) is 0 Å². The van der Waals surface area contributed by atoms with Gasteiger partial charge in [-0.3, -0.25) is 4.68 Å². The van der Waals surface area contributed by atoms with Crippen LogP contribution in [0.3, 0.4) is 0 Å². The molecule has 0 saturated carbocycles. The molecule has 0 spiro atoms. The van der Waals surface area contributed by atoms with Gasteiger partial charge in [-0.25, -0.2) is 9.18 Å². The van der Waals surface area contributed by atoms with Gasteiger partial charge >= 0.3 is 5.97 Å². The van der Waals surface area contributed by atoms with Crippen LogP contribution in [-0.2, 0) is 17.9 Å². The van der Waals surface area contributed by atoms with E-state index in [2.05, 4.69) is 5.10 Å². The maximum atomic E-state index is 13.5. The summed E-state index contributed by atoms with van der Waals surface area (Å²) in [7, 11) is 0. The fourth-order valence-corrected chi connectivity index (χ4v) is 1.70. The number of aryl methyl sites for hydroxylation is 1. The average Bonchev–Trinajstić information content (AvgIpc) is 2.89. The van der Waals surface area contributed by atoms with Gasteiger partial charge in [0.1, 0.15) is 12.4 Å². The number of halogens is 1. The van der Waals surface area contributed by atoms with E-state index in [0.717, 1.165) is 18.2 Å². The van der Waals surface area contributed by atoms with Gasteiger partial charge in [0.15, 0.2) is 0 Å². The summed E-state index contributed by atoms with van der Waals surface area (Å²) < 4.78 is 20.3. The minimum atomic E-state index is -0.611. The highest BCUT2D eigenvalue weighted by molar-refractivity contribution is 5.90. The van der Waals surface area contributed by atoms with E-state index in [-0.39, 0.29) is 17.9 Å². The molecule has 0 aliphatic rings. The first-order valence-corrected chi connectivity index (χ1v) is 6.25. The maximum absolute atomic E-state index is 13.5. The van der Waals surface area contributed by atoms with Crippen molar-refractivity contribution in [2.24, 2.45) is 0 Å². The van der Waals surface area contributed by atoms with Crippen LogP contribution in [0.25, 0.3) is 0 Å². The van der Waals surface area contributed by atoms with E-state index in [1.165, 1.54) is 6.07 Å². The highest BCUT2D eigenvalue weighted by atomic mass is 19.1. The topological polar surface area (TPSA) is 70.1 Å². The molecule has 2 rings (SSSR count). The third-order valence-corrected chi connectivity index (χ3v) is 3.00. The number of esters is 1. The number of ether oxygens (including phenoxy) is 1. The quantitative estimate of drug-likeness (QED) is 0.687. The Morgan fingerprint density at radius 3 is 2.85 bits per heavy atom. The van der Waals surface area contributed by atoms with E-state index in [4.69, 9.17) is 10.5 Å². The molecule has 20 heavy (non-hydrogen) atoms. The first kappa shape index (κ1) is 14.0. The monoisotopic (exact) mass is 277 g/mol. The molecule has 0 amide bonds. The van der Waals surface area contributed by atoms with Crippen molar-refractivity contribution < 1.29 is 13.9 Å². The fourth-order valence-electron chi connectivity index (χ4n) is 1.70. The normalized spacial score (nSPS) is 10.6. The zero-order valence-electron chi connectivity index (χ0n) is 11.4. The Morgan fingerprint density at radius 2 is 2.25 bits per heavy atom. The standard InChI is InChI=1S/C14H16FN3O2/c1-3-18-7-10(6-17-18)8-20-14(19)11-4-12(15)9(2)13(16)5-11/h4-7H,3,8,16H2,1-2H3. The lowest BCUT2D eigenvalue weighted by Crippen LogP contribution is -2.07. The van der Waals surface area contributed by atoms with Crippen LogP contribution < -0.4 is 5.73 Å². The number of carbonyl (C=O) groups is 1. The summed E-state index contributed by atoms with van der Waals surface area (Å²) in [6.45, 7) is 4.35. The third kappa shape index (κ3) is 2.96. The lowest BCUT2D eigenvalue weighted by atomic mass is 10.1. The molecule has 0 aliphatic carbocycles. The molecule has 5 nitrogen and oxygen atoms in total. The minimum absolute atomic E-state index is 0.0915. The second-order valence-corrected chi connectivity index (χ2v) is 4.45. The van der Waals surface area contributed by atoms with Gasteiger partial charge in [0, 0.05) is 29.6 Å². The van der Waals surface area contributed by atoms with E-state index in [1.807, 2.05) is 6.92 Å². The lowest BCUT2D eigenvalue weighted by Gasteiger charge is -2.07. The van der Waals surface area contributed by atoms with Crippen LogP contribution in [0.2, 0.25) is 0 Å². The van der Waals surface area contributed by atoms with Crippen molar-refractivity contribution in [2.45, 2.75) is 27.0 Å². The van der Waals surface area contributed by atoms with Crippen molar-refractivity contribution >= 4 is 11.7 Å². The summed E-state index contributed by atoms with van der Waals surface area (Å²) in [5.74, 6) is -1.13. The number of anilines is 1. The van der Waals surface area contributed by atoms with Crippen LogP contribution >= 0.6 is 0 Å². The molecule has 0 aliphatic heterocycles. The van der Waals surface area contributed by atoms with Crippen molar-refractivity contribution in [2.75, 3.05) is 5.73 Å². The van der Waals surface area contributed by atoms with Crippen LogP contribution in [0.4, 0.5) is 10.1 Å². The highest BCUT2D eigenvalue weighted by Gasteiger charge is 2.12. The predicted octanol–water partition coefficient (Wildman–Crippen LogP) is 2.29. The molecule has 0 saturated heterocycles. The van der Waals surface area contributed by atoms with E-state index in [1.54, 1.807) is 24.0 Å². The SMILES string of the molecule is CCn1cc(COC(=O)c2cc(N)c(C)c(F)c2)cn1. The fraction of sp³-hybridized carbons (Fsp3) is 0.286. The van der Waals surface area contributed by atoms with E-state index in [9.17, 15) is 9.18 Å². The molecular formula is C14H16FN3O2. The number of aromatic nitrogens is 2. The van der Waals surface area contributed by atoms with Crippen molar-refractivity contribution in [1.82, 2.24) is 9.78 Å². The number of carbonyl (C=O) groups excluding carboxylic acids is 1. The van der Waals surface area contributed by atoms with Crippen molar-refractivity contribution in [3.05, 3.63) is 47.0 Å². The Balaban J connectivity index is 2.05. The van der Waals surface area contributed by atoms with E-state index < -0.39 is 11.8 Å². The number of nitrogens with two attached hydrogens (primary N) is 1. The third-order valence-electron chi connectivity index (χ3n) is 3.00. The minimum Gasteiger partial charge on any atom is -0.457 e. The first-order valence-electron chi connectivity index (χ1n) is 6.25. The number of hydrogen-bond acceptors (Lipinski definition) is 4. The number of nitrogens with zero attached hydrogens (tertiary/aromatic N) is 2. The number of nitrogen functional groups attached to an aromatic ring is 1. The summed E-state index contributed by atoms with van der Waals surface area (Å²) in [5, 5.41) is 4.07. The molecule has 0 bridgehead atoms. The number of hydrogen-bond donors (Lipinski definition) is 1. The van der Waals surface area contributed by atoms with E-state index >= 15 is 0 Å². The Hall–Kier alpha value is -2.37. The summed E-state index contributed by atoms with van der Waals surface area (Å²) in [6, 6.07) is 2.54. The molecule has 106 valence electrons. The largest absolute Gasteiger partial charge is 0.457 e. The van der Waals surface area contributed by atoms with Gasteiger partial charge in [-0.15, -0.1) is 0 Å². The summed E-state index contributed by atoms with van der Waals surface area (Å²) >= 11 is 0. The first-order chi connectivity index (χ1) is 9.51. The Kier molecular flexibility index (Phi) is 4.02. The van der Waals surface area contributed by atoms with Crippen molar-refractivity contribution in [3.8, 4) is 0 Å². The molecule has 1 aromatic heterocycles. The molecule has 1 heterocycles. The van der Waals surface area contributed by atoms with Gasteiger partial charge in [0.05, 0.1) is 11.8 Å². The second kappa shape index (κ2) is 5.73. The molecule has 6 heteroatoms. The molecule has 0 fully saturated rings. The number of benzene rings is 1. The molecule has 0 unspecified atom stereocenters. The zero-order chi connectivity index (χ0) is 14.7. The van der Waals surface area contributed by atoms with Crippen LogP contribution in [0.5, 0.6) is 0 Å². The zero-order valence-corrected chi connectivity index (χ0v) is 11.4. The maximum Gasteiger partial charge on any atom is 0.338 e.